The summed E-state index contributed by atoms with van der Waals surface area (Å²) >= 11 is 2.10. The molecule has 6 rings (SSSR count). The molecule has 2 saturated carbocycles. The molecule has 0 radical (unpaired) electrons. The number of benzene rings is 2. The van der Waals surface area contributed by atoms with Gasteiger partial charge in [-0.1, -0.05) is 31.2 Å². The highest BCUT2D eigenvalue weighted by Crippen LogP contribution is 2.61. The van der Waals surface area contributed by atoms with Crippen molar-refractivity contribution >= 4 is 33.1 Å². The zero-order chi connectivity index (χ0) is 25.6. The maximum absolute atomic E-state index is 13.0. The van der Waals surface area contributed by atoms with Crippen LogP contribution >= 0.6 is 23.0 Å². The molecule has 1 heterocycles. The molecule has 3 aromatic rings. The molecule has 0 spiro atoms. The molecule has 0 saturated heterocycles. The van der Waals surface area contributed by atoms with Crippen molar-refractivity contribution in [1.82, 2.24) is 0 Å². The Morgan fingerprint density at radius 3 is 2.54 bits per heavy atom. The van der Waals surface area contributed by atoms with E-state index in [2.05, 4.69) is 36.0 Å². The first-order valence-electron chi connectivity index (χ1n) is 13.2. The minimum absolute atomic E-state index is 0.173. The normalized spacial score (nSPS) is 28.7. The molecule has 0 amide bonds. The zero-order valence-electron chi connectivity index (χ0n) is 21.1. The van der Waals surface area contributed by atoms with Crippen LogP contribution in [0.1, 0.15) is 61.6 Å². The molecular weight excluding hydrogens is 597 g/mol. The molecule has 7 heteroatoms. The Balaban J connectivity index is 1.17. The Kier molecular flexibility index (Phi) is 6.82. The molecule has 3 unspecified atom stereocenters. The third-order valence-corrected chi connectivity index (χ3v) is 11.2. The molecule has 3 aliphatic rings. The fourth-order valence-corrected chi connectivity index (χ4v) is 9.15. The van der Waals surface area contributed by atoms with E-state index in [4.69, 9.17) is 7.25 Å². The number of halogens is 1. The minimum atomic E-state index is -3.90. The molecule has 3 aliphatic carbocycles. The molecule has 194 valence electrons. The molecule has 37 heavy (non-hydrogen) atoms. The Bertz CT molecular complexity index is 1380. The van der Waals surface area contributed by atoms with Gasteiger partial charge in [0.15, 0.2) is 18.9 Å². The summed E-state index contributed by atoms with van der Waals surface area (Å²) in [5.74, 6) is 2.35. The van der Waals surface area contributed by atoms with Crippen molar-refractivity contribution in [3.63, 3.8) is 0 Å². The number of aryl methyl sites for hydroxylation is 1. The van der Waals surface area contributed by atoms with Crippen LogP contribution in [0, 0.1) is 17.3 Å². The highest BCUT2D eigenvalue weighted by molar-refractivity contribution is 14.1. The van der Waals surface area contributed by atoms with Crippen molar-refractivity contribution in [2.75, 3.05) is 0 Å². The maximum atomic E-state index is 13.0. The van der Waals surface area contributed by atoms with Crippen LogP contribution in [-0.4, -0.2) is 14.5 Å². The van der Waals surface area contributed by atoms with E-state index in [1.165, 1.54) is 30.4 Å². The van der Waals surface area contributed by atoms with Crippen molar-refractivity contribution in [2.24, 2.45) is 17.3 Å². The molecule has 0 aliphatic heterocycles. The van der Waals surface area contributed by atoms with Crippen molar-refractivity contribution in [2.45, 2.75) is 68.9 Å². The summed E-state index contributed by atoms with van der Waals surface area (Å²) in [5, 5.41) is 0. The maximum Gasteiger partial charge on any atom is 0.339 e. The summed E-state index contributed by atoms with van der Waals surface area (Å²) in [6.07, 6.45) is 11.3. The van der Waals surface area contributed by atoms with E-state index in [0.29, 0.717) is 36.2 Å². The summed E-state index contributed by atoms with van der Waals surface area (Å²) in [7, 11) is -3.90. The van der Waals surface area contributed by atoms with E-state index >= 15 is 0 Å². The predicted molar refractivity (Wildman–Crippen MR) is 150 cm³/mol. The number of hydrogen-bond donors (Lipinski definition) is 0. The van der Waals surface area contributed by atoms with Gasteiger partial charge in [0.2, 0.25) is 0 Å². The van der Waals surface area contributed by atoms with Crippen LogP contribution in [0.2, 0.25) is 0 Å². The van der Waals surface area contributed by atoms with Gasteiger partial charge in [-0.15, -0.1) is 0 Å². The number of pyridine rings is 1. The molecule has 1 aromatic heterocycles. The van der Waals surface area contributed by atoms with Crippen LogP contribution in [0.5, 0.6) is 5.75 Å². The lowest BCUT2D eigenvalue weighted by Gasteiger charge is -2.50. The highest BCUT2D eigenvalue weighted by Gasteiger charge is 2.55. The first-order valence-corrected chi connectivity index (χ1v) is 15.5. The van der Waals surface area contributed by atoms with Crippen molar-refractivity contribution in [3.05, 3.63) is 89.7 Å². The topological polar surface area (TPSA) is 56.5 Å². The van der Waals surface area contributed by atoms with Gasteiger partial charge in [0.25, 0.3) is 0 Å². The molecule has 0 bridgehead atoms. The number of fused-ring (bicyclic) bond motifs is 5. The SMILES string of the molecule is C[C@]12CCC3c4ccc(OS(=O)(=O)c5ccc(C[n+]6ccccc6)cc5)cc4CC[C@H]3C1CCC2OI. The first-order chi connectivity index (χ1) is 17.9. The van der Waals surface area contributed by atoms with E-state index in [9.17, 15) is 8.42 Å². The summed E-state index contributed by atoms with van der Waals surface area (Å²) in [4.78, 5) is 0.173. The second kappa shape index (κ2) is 9.97. The van der Waals surface area contributed by atoms with Crippen LogP contribution < -0.4 is 8.75 Å². The monoisotopic (exact) mass is 630 g/mol. The third-order valence-electron chi connectivity index (χ3n) is 9.28. The lowest BCUT2D eigenvalue weighted by atomic mass is 9.55. The Morgan fingerprint density at radius 1 is 1.00 bits per heavy atom. The highest BCUT2D eigenvalue weighted by atomic mass is 127. The second-order valence-electron chi connectivity index (χ2n) is 11.2. The number of aromatic nitrogens is 1. The zero-order valence-corrected chi connectivity index (χ0v) is 24.0. The van der Waals surface area contributed by atoms with Crippen LogP contribution in [0.4, 0.5) is 0 Å². The van der Waals surface area contributed by atoms with Gasteiger partial charge in [-0.3, -0.25) is 0 Å². The molecule has 0 N–H and O–H groups in total. The molecule has 2 fully saturated rings. The van der Waals surface area contributed by atoms with Crippen LogP contribution in [0.3, 0.4) is 0 Å². The van der Waals surface area contributed by atoms with Crippen LogP contribution in [0.15, 0.2) is 78.0 Å². The van der Waals surface area contributed by atoms with Gasteiger partial charge in [0.05, 0.1) is 6.10 Å². The van der Waals surface area contributed by atoms with Crippen molar-refractivity contribution in [1.29, 1.82) is 0 Å². The van der Waals surface area contributed by atoms with E-state index in [0.717, 1.165) is 24.8 Å². The lowest BCUT2D eigenvalue weighted by Crippen LogP contribution is -2.44. The quantitative estimate of drug-likeness (QED) is 0.180. The second-order valence-corrected chi connectivity index (χ2v) is 13.3. The van der Waals surface area contributed by atoms with Gasteiger partial charge in [0.1, 0.15) is 33.7 Å². The van der Waals surface area contributed by atoms with Crippen molar-refractivity contribution < 1.29 is 20.2 Å². The third kappa shape index (κ3) is 4.72. The largest absolute Gasteiger partial charge is 0.379 e. The molecule has 5 nitrogen and oxygen atoms in total. The average molecular weight is 631 g/mol. The van der Waals surface area contributed by atoms with Gasteiger partial charge < -0.3 is 7.25 Å². The van der Waals surface area contributed by atoms with E-state index in [-0.39, 0.29) is 10.3 Å². The van der Waals surface area contributed by atoms with Gasteiger partial charge >= 0.3 is 10.1 Å². The Labute approximate surface area is 234 Å². The Morgan fingerprint density at radius 2 is 1.78 bits per heavy atom. The van der Waals surface area contributed by atoms with Crippen LogP contribution in [0.25, 0.3) is 0 Å². The van der Waals surface area contributed by atoms with Crippen LogP contribution in [-0.2, 0) is 26.2 Å². The van der Waals surface area contributed by atoms with Crippen molar-refractivity contribution in [3.8, 4) is 5.75 Å². The fraction of sp³-hybridized carbons (Fsp3) is 0.433. The lowest BCUT2D eigenvalue weighted by molar-refractivity contribution is -0.688. The Hall–Kier alpha value is -1.97. The fourth-order valence-electron chi connectivity index (χ4n) is 7.40. The summed E-state index contributed by atoms with van der Waals surface area (Å²) in [6, 6.07) is 18.8. The average Bonchev–Trinajstić information content (AvgIpc) is 3.25. The first kappa shape index (κ1) is 25.3. The number of rotatable bonds is 6. The summed E-state index contributed by atoms with van der Waals surface area (Å²) < 4.78 is 39.6. The molecular formula is C30H33INO4S+. The minimum Gasteiger partial charge on any atom is -0.379 e. The molecule has 2 aromatic carbocycles. The van der Waals surface area contributed by atoms with E-state index in [1.807, 2.05) is 59.4 Å². The predicted octanol–water partition coefficient (Wildman–Crippen LogP) is 6.38. The van der Waals surface area contributed by atoms with E-state index in [1.54, 1.807) is 12.1 Å². The summed E-state index contributed by atoms with van der Waals surface area (Å²) in [5.41, 5.74) is 3.95. The van der Waals surface area contributed by atoms with E-state index < -0.39 is 10.1 Å². The number of hydrogen-bond acceptors (Lipinski definition) is 4. The van der Waals surface area contributed by atoms with Gasteiger partial charge in [0, 0.05) is 17.7 Å². The standard InChI is InChI=1S/C30H33INO4S/c1-30-16-15-26-25-12-8-23(19-22(25)7-11-27(26)28(30)13-14-29(30)35-31)36-37(33,34)24-9-5-21(6-10-24)20-32-17-3-2-4-18-32/h2-6,8-10,12,17-19,26-29H,7,11,13-16,20H2,1H3/q+1/t26?,27-,28?,29?,30+/m1/s1. The smallest absolute Gasteiger partial charge is 0.339 e. The van der Waals surface area contributed by atoms with Gasteiger partial charge in [-0.2, -0.15) is 8.42 Å². The van der Waals surface area contributed by atoms with Gasteiger partial charge in [-0.25, -0.2) is 4.57 Å². The molecule has 5 atom stereocenters. The number of nitrogens with zero attached hydrogens (tertiary/aromatic N) is 1. The van der Waals surface area contributed by atoms with Gasteiger partial charge in [-0.05, 0) is 97.1 Å². The summed E-state index contributed by atoms with van der Waals surface area (Å²) in [6.45, 7) is 3.12.